The highest BCUT2D eigenvalue weighted by molar-refractivity contribution is 7.78. The highest BCUT2D eigenvalue weighted by Gasteiger charge is 2.30. The van der Waals surface area contributed by atoms with Crippen molar-refractivity contribution >= 4 is 17.8 Å². The summed E-state index contributed by atoms with van der Waals surface area (Å²) in [6, 6.07) is 12.8. The second kappa shape index (κ2) is 6.23. The molecule has 5 heteroatoms. The Hall–Kier alpha value is -1.93. The molecule has 0 aromatic heterocycles. The molecule has 0 heterocycles. The number of ether oxygens (including phenoxy) is 3. The van der Waals surface area contributed by atoms with Gasteiger partial charge in [-0.25, -0.2) is 0 Å². The quantitative estimate of drug-likeness (QED) is 0.797. The normalized spacial score (nSPS) is 13.3. The Balaban J connectivity index is 2.70. The van der Waals surface area contributed by atoms with Crippen LogP contribution in [0.25, 0.3) is 0 Å². The van der Waals surface area contributed by atoms with Crippen molar-refractivity contribution in [1.29, 1.82) is 0 Å². The number of benzene rings is 2. The minimum Gasteiger partial charge on any atom is -0.496 e. The van der Waals surface area contributed by atoms with Gasteiger partial charge in [0.1, 0.15) is 24.4 Å². The van der Waals surface area contributed by atoms with Crippen LogP contribution in [0.15, 0.2) is 42.5 Å². The monoisotopic (exact) mass is 306 g/mol. The van der Waals surface area contributed by atoms with Gasteiger partial charge < -0.3 is 18.8 Å². The maximum absolute atomic E-state index is 13.4. The van der Waals surface area contributed by atoms with Crippen LogP contribution in [0.4, 0.5) is 0 Å². The van der Waals surface area contributed by atoms with Crippen LogP contribution in [-0.2, 0) is 4.57 Å². The Morgan fingerprint density at radius 1 is 0.857 bits per heavy atom. The summed E-state index contributed by atoms with van der Waals surface area (Å²) in [7, 11) is 1.81. The van der Waals surface area contributed by atoms with Gasteiger partial charge in [-0.15, -0.1) is 0 Å². The first-order valence-corrected chi connectivity index (χ1v) is 8.63. The van der Waals surface area contributed by atoms with Crippen LogP contribution < -0.4 is 24.8 Å². The second-order valence-corrected chi connectivity index (χ2v) is 7.45. The third-order valence-electron chi connectivity index (χ3n) is 3.36. The van der Waals surface area contributed by atoms with E-state index in [0.29, 0.717) is 22.6 Å². The van der Waals surface area contributed by atoms with Crippen molar-refractivity contribution in [3.8, 4) is 17.2 Å². The zero-order valence-corrected chi connectivity index (χ0v) is 13.5. The van der Waals surface area contributed by atoms with Crippen LogP contribution in [0, 0.1) is 0 Å². The van der Waals surface area contributed by atoms with Crippen molar-refractivity contribution in [2.75, 3.05) is 28.0 Å². The first-order chi connectivity index (χ1) is 10.0. The van der Waals surface area contributed by atoms with E-state index in [9.17, 15) is 4.57 Å². The minimum atomic E-state index is -2.84. The van der Waals surface area contributed by atoms with Crippen LogP contribution in [0.1, 0.15) is 0 Å². The molecule has 0 saturated heterocycles. The fourth-order valence-electron chi connectivity index (χ4n) is 2.25. The molecule has 0 radical (unpaired) electrons. The lowest BCUT2D eigenvalue weighted by Gasteiger charge is -2.20. The first kappa shape index (κ1) is 15.5. The maximum atomic E-state index is 13.4. The molecule has 0 amide bonds. The number of hydrogen-bond donors (Lipinski definition) is 0. The molecule has 0 aliphatic rings. The van der Waals surface area contributed by atoms with E-state index < -0.39 is 7.14 Å². The molecule has 0 aliphatic carbocycles. The van der Waals surface area contributed by atoms with Gasteiger partial charge in [-0.05, 0) is 6.66 Å². The Morgan fingerprint density at radius 2 is 1.38 bits per heavy atom. The van der Waals surface area contributed by atoms with E-state index in [1.54, 1.807) is 40.1 Å². The van der Waals surface area contributed by atoms with Gasteiger partial charge in [0, 0.05) is 17.4 Å². The highest BCUT2D eigenvalue weighted by atomic mass is 31.2. The Kier molecular flexibility index (Phi) is 4.59. The fourth-order valence-corrected chi connectivity index (χ4v) is 4.40. The van der Waals surface area contributed by atoms with Crippen LogP contribution in [0.5, 0.6) is 17.2 Å². The molecule has 1 atom stereocenters. The van der Waals surface area contributed by atoms with Crippen molar-refractivity contribution < 1.29 is 18.8 Å². The molecule has 0 spiro atoms. The van der Waals surface area contributed by atoms with Gasteiger partial charge in [0.15, 0.2) is 0 Å². The van der Waals surface area contributed by atoms with Gasteiger partial charge >= 0.3 is 0 Å². The first-order valence-electron chi connectivity index (χ1n) is 6.48. The molecule has 2 aromatic carbocycles. The molecule has 1 unspecified atom stereocenters. The van der Waals surface area contributed by atoms with Crippen molar-refractivity contribution in [1.82, 2.24) is 0 Å². The zero-order chi connectivity index (χ0) is 15.5. The highest BCUT2D eigenvalue weighted by Crippen LogP contribution is 2.46. The smallest absolute Gasteiger partial charge is 0.147 e. The lowest BCUT2D eigenvalue weighted by molar-refractivity contribution is 0.379. The van der Waals surface area contributed by atoms with E-state index in [0.717, 1.165) is 5.30 Å². The summed E-state index contributed by atoms with van der Waals surface area (Å²) in [5.41, 5.74) is 0. The average molecular weight is 306 g/mol. The molecule has 2 aromatic rings. The van der Waals surface area contributed by atoms with Gasteiger partial charge in [-0.3, -0.25) is 0 Å². The van der Waals surface area contributed by atoms with Gasteiger partial charge in [-0.1, -0.05) is 30.3 Å². The molecule has 0 N–H and O–H groups in total. The van der Waals surface area contributed by atoms with Crippen LogP contribution in [0.3, 0.4) is 0 Å². The minimum absolute atomic E-state index is 0.501. The van der Waals surface area contributed by atoms with E-state index in [4.69, 9.17) is 14.2 Å². The largest absolute Gasteiger partial charge is 0.496 e. The number of rotatable bonds is 5. The predicted octanol–water partition coefficient (Wildman–Crippen LogP) is 2.66. The predicted molar refractivity (Wildman–Crippen MR) is 85.3 cm³/mol. The van der Waals surface area contributed by atoms with Gasteiger partial charge in [0.05, 0.1) is 26.6 Å². The van der Waals surface area contributed by atoms with Crippen molar-refractivity contribution in [3.63, 3.8) is 0 Å². The average Bonchev–Trinajstić information content (AvgIpc) is 2.54. The molecular formula is C16H19O4P. The second-order valence-electron chi connectivity index (χ2n) is 4.64. The van der Waals surface area contributed by atoms with Crippen molar-refractivity contribution in [2.24, 2.45) is 0 Å². The van der Waals surface area contributed by atoms with E-state index in [-0.39, 0.29) is 0 Å². The third-order valence-corrected chi connectivity index (χ3v) is 5.94. The van der Waals surface area contributed by atoms with E-state index >= 15 is 0 Å². The molecule has 21 heavy (non-hydrogen) atoms. The molecule has 4 nitrogen and oxygen atoms in total. The van der Waals surface area contributed by atoms with Gasteiger partial charge in [0.25, 0.3) is 0 Å². The molecule has 0 aliphatic heterocycles. The molecule has 0 fully saturated rings. The summed E-state index contributed by atoms with van der Waals surface area (Å²) in [6.45, 7) is 1.72. The molecule has 0 saturated carbocycles. The molecular weight excluding hydrogens is 287 g/mol. The van der Waals surface area contributed by atoms with E-state index in [1.807, 2.05) is 30.3 Å². The van der Waals surface area contributed by atoms with Gasteiger partial charge in [-0.2, -0.15) is 0 Å². The third kappa shape index (κ3) is 2.91. The van der Waals surface area contributed by atoms with Crippen LogP contribution in [0.2, 0.25) is 0 Å². The lowest BCUT2D eigenvalue weighted by Crippen LogP contribution is -2.19. The van der Waals surface area contributed by atoms with E-state index in [1.165, 1.54) is 0 Å². The van der Waals surface area contributed by atoms with Crippen LogP contribution >= 0.6 is 7.14 Å². The summed E-state index contributed by atoms with van der Waals surface area (Å²) in [5.74, 6) is 1.60. The number of methoxy groups -OCH3 is 3. The van der Waals surface area contributed by atoms with Gasteiger partial charge in [0.2, 0.25) is 0 Å². The number of hydrogen-bond acceptors (Lipinski definition) is 4. The molecule has 0 bridgehead atoms. The molecule has 2 rings (SSSR count). The lowest BCUT2D eigenvalue weighted by atomic mass is 10.3. The SMILES string of the molecule is COc1cc(OC)c(P(C)(=O)c2ccccc2)c(OC)c1. The topological polar surface area (TPSA) is 44.8 Å². The summed E-state index contributed by atoms with van der Waals surface area (Å²) < 4.78 is 29.4. The summed E-state index contributed by atoms with van der Waals surface area (Å²) in [5, 5.41) is 1.33. The summed E-state index contributed by atoms with van der Waals surface area (Å²) >= 11 is 0. The Morgan fingerprint density at radius 3 is 1.81 bits per heavy atom. The van der Waals surface area contributed by atoms with Crippen molar-refractivity contribution in [2.45, 2.75) is 0 Å². The Labute approximate surface area is 125 Å². The summed E-state index contributed by atoms with van der Waals surface area (Å²) in [6.07, 6.45) is 0. The standard InChI is InChI=1S/C16H19O4P/c1-18-12-10-14(19-2)16(15(11-12)20-3)21(4,17)13-8-6-5-7-9-13/h5-11H,1-4H3. The molecule has 112 valence electrons. The van der Waals surface area contributed by atoms with Crippen molar-refractivity contribution in [3.05, 3.63) is 42.5 Å². The fraction of sp³-hybridized carbons (Fsp3) is 0.250. The maximum Gasteiger partial charge on any atom is 0.147 e. The summed E-state index contributed by atoms with van der Waals surface area (Å²) in [4.78, 5) is 0. The Bertz CT molecular complexity index is 642. The van der Waals surface area contributed by atoms with Crippen LogP contribution in [-0.4, -0.2) is 28.0 Å². The van der Waals surface area contributed by atoms with E-state index in [2.05, 4.69) is 0 Å². The zero-order valence-electron chi connectivity index (χ0n) is 12.6.